The zero-order valence-electron chi connectivity index (χ0n) is 7.95. The Kier molecular flexibility index (Phi) is 3.83. The first-order chi connectivity index (χ1) is 7.13. The molecule has 0 bridgehead atoms. The lowest BCUT2D eigenvalue weighted by molar-refractivity contribution is 0.0599. The van der Waals surface area contributed by atoms with E-state index in [0.29, 0.717) is 10.0 Å². The first-order valence-electron chi connectivity index (χ1n) is 4.05. The van der Waals surface area contributed by atoms with Gasteiger partial charge in [-0.15, -0.1) is 0 Å². The predicted molar refractivity (Wildman–Crippen MR) is 56.1 cm³/mol. The molecule has 0 amide bonds. The minimum Gasteiger partial charge on any atom is -0.465 e. The van der Waals surface area contributed by atoms with Crippen LogP contribution in [-0.4, -0.2) is 18.2 Å². The number of nitrogens with zero attached hydrogens (tertiary/aromatic N) is 1. The standard InChI is InChI=1S/C10H8BrNO3/c1-15-10(14)9-7(4-12)2-6(5-13)3-8(9)11/h2-3,13H,5H2,1H3. The second-order valence-electron chi connectivity index (χ2n) is 2.76. The highest BCUT2D eigenvalue weighted by Gasteiger charge is 2.16. The molecule has 0 atom stereocenters. The Balaban J connectivity index is 3.39. The summed E-state index contributed by atoms with van der Waals surface area (Å²) in [6.45, 7) is -0.186. The van der Waals surface area contributed by atoms with Gasteiger partial charge in [0.15, 0.2) is 0 Å². The number of esters is 1. The van der Waals surface area contributed by atoms with Gasteiger partial charge >= 0.3 is 5.97 Å². The van der Waals surface area contributed by atoms with Crippen LogP contribution in [-0.2, 0) is 11.3 Å². The van der Waals surface area contributed by atoms with Crippen LogP contribution >= 0.6 is 15.9 Å². The van der Waals surface area contributed by atoms with E-state index < -0.39 is 5.97 Å². The average molecular weight is 270 g/mol. The Morgan fingerprint density at radius 3 is 2.80 bits per heavy atom. The Bertz CT molecular complexity index is 437. The van der Waals surface area contributed by atoms with Crippen LogP contribution in [0.5, 0.6) is 0 Å². The van der Waals surface area contributed by atoms with E-state index in [4.69, 9.17) is 10.4 Å². The maximum atomic E-state index is 11.3. The molecule has 0 aliphatic heterocycles. The second kappa shape index (κ2) is 4.91. The molecule has 78 valence electrons. The van der Waals surface area contributed by atoms with Crippen molar-refractivity contribution in [3.63, 3.8) is 0 Å². The Labute approximate surface area is 95.2 Å². The molecule has 0 aliphatic carbocycles. The van der Waals surface area contributed by atoms with E-state index >= 15 is 0 Å². The number of rotatable bonds is 2. The summed E-state index contributed by atoms with van der Waals surface area (Å²) < 4.78 is 4.99. The largest absolute Gasteiger partial charge is 0.465 e. The van der Waals surface area contributed by atoms with Crippen LogP contribution in [0.1, 0.15) is 21.5 Å². The van der Waals surface area contributed by atoms with Gasteiger partial charge in [-0.05, 0) is 33.6 Å². The van der Waals surface area contributed by atoms with Crippen molar-refractivity contribution in [2.45, 2.75) is 6.61 Å². The van der Waals surface area contributed by atoms with Crippen molar-refractivity contribution in [3.8, 4) is 6.07 Å². The van der Waals surface area contributed by atoms with Crippen LogP contribution in [0.4, 0.5) is 0 Å². The summed E-state index contributed by atoms with van der Waals surface area (Å²) in [6.07, 6.45) is 0. The van der Waals surface area contributed by atoms with Gasteiger partial charge in [0.2, 0.25) is 0 Å². The summed E-state index contributed by atoms with van der Waals surface area (Å²) in [7, 11) is 1.25. The van der Waals surface area contributed by atoms with E-state index in [1.54, 1.807) is 6.07 Å². The Morgan fingerprint density at radius 2 is 2.33 bits per heavy atom. The second-order valence-corrected chi connectivity index (χ2v) is 3.62. The monoisotopic (exact) mass is 269 g/mol. The normalized spacial score (nSPS) is 9.47. The lowest BCUT2D eigenvalue weighted by atomic mass is 10.1. The van der Waals surface area contributed by atoms with E-state index in [-0.39, 0.29) is 17.7 Å². The molecule has 0 aliphatic rings. The number of halogens is 1. The van der Waals surface area contributed by atoms with Crippen LogP contribution in [0.25, 0.3) is 0 Å². The Morgan fingerprint density at radius 1 is 1.67 bits per heavy atom. The number of aliphatic hydroxyl groups is 1. The molecule has 1 rings (SSSR count). The Hall–Kier alpha value is -1.38. The maximum Gasteiger partial charge on any atom is 0.340 e. The third-order valence-electron chi connectivity index (χ3n) is 1.84. The predicted octanol–water partition coefficient (Wildman–Crippen LogP) is 1.60. The molecule has 0 unspecified atom stereocenters. The van der Waals surface area contributed by atoms with Gasteiger partial charge in [0.05, 0.1) is 24.8 Å². The van der Waals surface area contributed by atoms with Gasteiger partial charge in [0.25, 0.3) is 0 Å². The average Bonchev–Trinajstić information content (AvgIpc) is 2.26. The van der Waals surface area contributed by atoms with E-state index in [9.17, 15) is 4.79 Å². The number of carbonyl (C=O) groups is 1. The van der Waals surface area contributed by atoms with E-state index in [1.807, 2.05) is 6.07 Å². The number of hydrogen-bond acceptors (Lipinski definition) is 4. The minimum absolute atomic E-state index is 0.178. The molecule has 4 nitrogen and oxygen atoms in total. The molecule has 15 heavy (non-hydrogen) atoms. The van der Waals surface area contributed by atoms with Crippen LogP contribution in [0.3, 0.4) is 0 Å². The molecular weight excluding hydrogens is 262 g/mol. The molecule has 0 fully saturated rings. The highest BCUT2D eigenvalue weighted by Crippen LogP contribution is 2.23. The van der Waals surface area contributed by atoms with Crippen LogP contribution in [0.15, 0.2) is 16.6 Å². The quantitative estimate of drug-likeness (QED) is 0.828. The van der Waals surface area contributed by atoms with E-state index in [0.717, 1.165) is 0 Å². The summed E-state index contributed by atoms with van der Waals surface area (Å²) in [6, 6.07) is 4.92. The van der Waals surface area contributed by atoms with Crippen molar-refractivity contribution < 1.29 is 14.6 Å². The third-order valence-corrected chi connectivity index (χ3v) is 2.47. The van der Waals surface area contributed by atoms with Crippen molar-refractivity contribution in [1.82, 2.24) is 0 Å². The lowest BCUT2D eigenvalue weighted by Gasteiger charge is -2.06. The summed E-state index contributed by atoms with van der Waals surface area (Å²) in [5.41, 5.74) is 0.920. The number of methoxy groups -OCH3 is 1. The van der Waals surface area contributed by atoms with Gasteiger partial charge in [0, 0.05) is 4.47 Å². The molecule has 0 saturated carbocycles. The number of carbonyl (C=O) groups excluding carboxylic acids is 1. The fraction of sp³-hybridized carbons (Fsp3) is 0.200. The summed E-state index contributed by atoms with van der Waals surface area (Å²) in [5, 5.41) is 17.8. The summed E-state index contributed by atoms with van der Waals surface area (Å²) in [4.78, 5) is 11.3. The molecule has 0 radical (unpaired) electrons. The van der Waals surface area contributed by atoms with Crippen molar-refractivity contribution in [2.24, 2.45) is 0 Å². The van der Waals surface area contributed by atoms with Crippen LogP contribution < -0.4 is 0 Å². The van der Waals surface area contributed by atoms with Gasteiger partial charge < -0.3 is 9.84 Å². The third kappa shape index (κ3) is 2.35. The van der Waals surface area contributed by atoms with Crippen molar-refractivity contribution in [2.75, 3.05) is 7.11 Å². The van der Waals surface area contributed by atoms with E-state index in [2.05, 4.69) is 20.7 Å². The molecule has 0 spiro atoms. The fourth-order valence-electron chi connectivity index (χ4n) is 1.15. The maximum absolute atomic E-state index is 11.3. The minimum atomic E-state index is -0.581. The van der Waals surface area contributed by atoms with Gasteiger partial charge in [-0.2, -0.15) is 5.26 Å². The smallest absolute Gasteiger partial charge is 0.340 e. The highest BCUT2D eigenvalue weighted by molar-refractivity contribution is 9.10. The van der Waals surface area contributed by atoms with Gasteiger partial charge in [-0.3, -0.25) is 0 Å². The summed E-state index contributed by atoms with van der Waals surface area (Å²) in [5.74, 6) is -0.581. The molecular formula is C10H8BrNO3. The van der Waals surface area contributed by atoms with Crippen molar-refractivity contribution >= 4 is 21.9 Å². The van der Waals surface area contributed by atoms with Gasteiger partial charge in [0.1, 0.15) is 6.07 Å². The highest BCUT2D eigenvalue weighted by atomic mass is 79.9. The first kappa shape index (κ1) is 11.7. The summed E-state index contributed by atoms with van der Waals surface area (Å²) >= 11 is 3.16. The number of nitriles is 1. The van der Waals surface area contributed by atoms with Crippen LogP contribution in [0.2, 0.25) is 0 Å². The molecule has 1 aromatic carbocycles. The lowest BCUT2D eigenvalue weighted by Crippen LogP contribution is -2.06. The zero-order valence-corrected chi connectivity index (χ0v) is 9.54. The molecule has 1 aromatic rings. The molecule has 0 heterocycles. The molecule has 0 saturated heterocycles. The van der Waals surface area contributed by atoms with Crippen LogP contribution in [0, 0.1) is 11.3 Å². The fourth-order valence-corrected chi connectivity index (χ4v) is 1.82. The first-order valence-corrected chi connectivity index (χ1v) is 4.85. The van der Waals surface area contributed by atoms with E-state index in [1.165, 1.54) is 13.2 Å². The number of hydrogen-bond donors (Lipinski definition) is 1. The SMILES string of the molecule is COC(=O)c1c(Br)cc(CO)cc1C#N. The molecule has 0 aromatic heterocycles. The molecule has 5 heteroatoms. The number of aliphatic hydroxyl groups excluding tert-OH is 1. The van der Waals surface area contributed by atoms with Gasteiger partial charge in [-0.1, -0.05) is 0 Å². The van der Waals surface area contributed by atoms with Gasteiger partial charge in [-0.25, -0.2) is 4.79 Å². The van der Waals surface area contributed by atoms with Crippen molar-refractivity contribution in [1.29, 1.82) is 5.26 Å². The topological polar surface area (TPSA) is 70.3 Å². The van der Waals surface area contributed by atoms with Crippen molar-refractivity contribution in [3.05, 3.63) is 33.3 Å². The zero-order chi connectivity index (χ0) is 11.4. The number of ether oxygens (including phenoxy) is 1. The number of benzene rings is 1. The molecule has 1 N–H and O–H groups in total.